The van der Waals surface area contributed by atoms with Crippen LogP contribution in [0.1, 0.15) is 45.9 Å². The lowest BCUT2D eigenvalue weighted by molar-refractivity contribution is 0.0475. The van der Waals surface area contributed by atoms with Crippen LogP contribution in [0.3, 0.4) is 0 Å². The number of nitrogens with zero attached hydrogens (tertiary/aromatic N) is 3. The van der Waals surface area contributed by atoms with E-state index in [9.17, 15) is 4.79 Å². The van der Waals surface area contributed by atoms with Gasteiger partial charge in [-0.2, -0.15) is 5.10 Å². The van der Waals surface area contributed by atoms with E-state index in [1.54, 1.807) is 4.68 Å². The molecule has 0 aliphatic heterocycles. The largest absolute Gasteiger partial charge is 0.457 e. The molecule has 2 aromatic heterocycles. The van der Waals surface area contributed by atoms with Crippen molar-refractivity contribution in [3.63, 3.8) is 0 Å². The molecular weight excluding hydrogens is 374 g/mol. The number of esters is 1. The number of hydrogen-bond acceptors (Lipinski definition) is 4. The zero-order valence-electron chi connectivity index (χ0n) is 17.1. The molecule has 1 aliphatic carbocycles. The molecule has 0 bridgehead atoms. The van der Waals surface area contributed by atoms with E-state index in [2.05, 4.69) is 5.10 Å². The zero-order chi connectivity index (χ0) is 20.7. The van der Waals surface area contributed by atoms with Crippen LogP contribution in [0.25, 0.3) is 22.2 Å². The molecule has 2 heterocycles. The first-order valence-corrected chi connectivity index (χ1v) is 10.2. The van der Waals surface area contributed by atoms with Crippen molar-refractivity contribution in [1.82, 2.24) is 14.8 Å². The third-order valence-electron chi connectivity index (χ3n) is 5.51. The molecule has 0 atom stereocenters. The third kappa shape index (κ3) is 3.59. The Kier molecular flexibility index (Phi) is 4.58. The van der Waals surface area contributed by atoms with E-state index in [1.165, 1.54) is 0 Å². The lowest BCUT2D eigenvalue weighted by atomic mass is 10.0. The number of carbonyl (C=O) groups is 1. The molecule has 0 N–H and O–H groups in total. The summed E-state index contributed by atoms with van der Waals surface area (Å²) in [6.45, 7) is 2.19. The lowest BCUT2D eigenvalue weighted by Gasteiger charge is -2.10. The van der Waals surface area contributed by atoms with Gasteiger partial charge in [-0.3, -0.25) is 9.67 Å². The fourth-order valence-electron chi connectivity index (χ4n) is 3.82. The molecule has 4 aromatic rings. The number of rotatable bonds is 5. The molecule has 2 aromatic carbocycles. The quantitative estimate of drug-likeness (QED) is 0.436. The van der Waals surface area contributed by atoms with Crippen LogP contribution in [-0.4, -0.2) is 20.7 Å². The maximum absolute atomic E-state index is 13.1. The predicted octanol–water partition coefficient (Wildman–Crippen LogP) is 5.18. The van der Waals surface area contributed by atoms with Gasteiger partial charge in [-0.05, 0) is 38.0 Å². The third-order valence-corrected chi connectivity index (χ3v) is 5.51. The SMILES string of the molecule is Cc1ccc2nc(C3CC3)cc(C(=O)OCc3cn(C)nc3-c3ccccc3)c2c1. The highest BCUT2D eigenvalue weighted by molar-refractivity contribution is 6.03. The van der Waals surface area contributed by atoms with E-state index in [0.717, 1.165) is 51.8 Å². The predicted molar refractivity (Wildman–Crippen MR) is 116 cm³/mol. The second kappa shape index (κ2) is 7.41. The van der Waals surface area contributed by atoms with E-state index in [-0.39, 0.29) is 12.6 Å². The fourth-order valence-corrected chi connectivity index (χ4v) is 3.82. The van der Waals surface area contributed by atoms with Crippen LogP contribution in [0.2, 0.25) is 0 Å². The van der Waals surface area contributed by atoms with Crippen LogP contribution in [0, 0.1) is 6.92 Å². The Hall–Kier alpha value is -3.47. The molecule has 150 valence electrons. The molecule has 0 amide bonds. The van der Waals surface area contributed by atoms with Crippen molar-refractivity contribution in [2.24, 2.45) is 7.05 Å². The van der Waals surface area contributed by atoms with Crippen LogP contribution >= 0.6 is 0 Å². The zero-order valence-corrected chi connectivity index (χ0v) is 17.1. The van der Waals surface area contributed by atoms with Crippen LogP contribution < -0.4 is 0 Å². The molecule has 0 saturated heterocycles. The van der Waals surface area contributed by atoms with Crippen molar-refractivity contribution < 1.29 is 9.53 Å². The second-order valence-corrected chi connectivity index (χ2v) is 8.01. The number of pyridine rings is 1. The van der Waals surface area contributed by atoms with Crippen molar-refractivity contribution in [2.45, 2.75) is 32.3 Å². The second-order valence-electron chi connectivity index (χ2n) is 8.01. The number of hydrogen-bond donors (Lipinski definition) is 0. The van der Waals surface area contributed by atoms with Crippen LogP contribution in [0.4, 0.5) is 0 Å². The Bertz CT molecular complexity index is 1240. The van der Waals surface area contributed by atoms with E-state index < -0.39 is 0 Å². The summed E-state index contributed by atoms with van der Waals surface area (Å²) in [5, 5.41) is 5.40. The van der Waals surface area contributed by atoms with Gasteiger partial charge in [0.25, 0.3) is 0 Å². The first-order chi connectivity index (χ1) is 14.6. The van der Waals surface area contributed by atoms with Gasteiger partial charge in [0, 0.05) is 41.4 Å². The number of benzene rings is 2. The molecule has 1 fully saturated rings. The summed E-state index contributed by atoms with van der Waals surface area (Å²) in [6.07, 6.45) is 4.17. The first kappa shape index (κ1) is 18.6. The monoisotopic (exact) mass is 397 g/mol. The van der Waals surface area contributed by atoms with E-state index in [4.69, 9.17) is 9.72 Å². The summed E-state index contributed by atoms with van der Waals surface area (Å²) in [4.78, 5) is 17.9. The summed E-state index contributed by atoms with van der Waals surface area (Å²) in [7, 11) is 1.87. The highest BCUT2D eigenvalue weighted by Gasteiger charge is 2.27. The molecule has 0 unspecified atom stereocenters. The van der Waals surface area contributed by atoms with Gasteiger partial charge in [0.15, 0.2) is 0 Å². The van der Waals surface area contributed by atoms with Crippen molar-refractivity contribution >= 4 is 16.9 Å². The Morgan fingerprint density at radius 1 is 1.13 bits per heavy atom. The Morgan fingerprint density at radius 3 is 2.70 bits per heavy atom. The standard InChI is InChI=1S/C25H23N3O2/c1-16-8-11-22-20(12-16)21(13-23(26-22)17-9-10-17)25(29)30-15-19-14-28(2)27-24(19)18-6-4-3-5-7-18/h3-8,11-14,17H,9-10,15H2,1-2H3. The topological polar surface area (TPSA) is 57.0 Å². The normalized spacial score (nSPS) is 13.5. The van der Waals surface area contributed by atoms with Crippen molar-refractivity contribution in [1.29, 1.82) is 0 Å². The molecule has 0 radical (unpaired) electrons. The van der Waals surface area contributed by atoms with E-state index >= 15 is 0 Å². The molecule has 5 rings (SSSR count). The molecule has 30 heavy (non-hydrogen) atoms. The van der Waals surface area contributed by atoms with Crippen molar-refractivity contribution in [2.75, 3.05) is 0 Å². The van der Waals surface area contributed by atoms with Gasteiger partial charge in [0.05, 0.1) is 16.8 Å². The summed E-state index contributed by atoms with van der Waals surface area (Å²) in [6, 6.07) is 17.9. The Labute approximate surface area is 175 Å². The molecule has 5 heteroatoms. The van der Waals surface area contributed by atoms with Gasteiger partial charge in [-0.25, -0.2) is 4.79 Å². The number of aromatic nitrogens is 3. The number of ether oxygens (including phenoxy) is 1. The molecule has 5 nitrogen and oxygen atoms in total. The Morgan fingerprint density at radius 2 is 1.93 bits per heavy atom. The first-order valence-electron chi connectivity index (χ1n) is 10.2. The average molecular weight is 397 g/mol. The lowest BCUT2D eigenvalue weighted by Crippen LogP contribution is -2.08. The van der Waals surface area contributed by atoms with Gasteiger partial charge in [0.1, 0.15) is 6.61 Å². The van der Waals surface area contributed by atoms with Gasteiger partial charge in [-0.15, -0.1) is 0 Å². The van der Waals surface area contributed by atoms with E-state index in [1.807, 2.05) is 74.8 Å². The fraction of sp³-hybridized carbons (Fsp3) is 0.240. The average Bonchev–Trinajstić information content (AvgIpc) is 3.54. The number of fused-ring (bicyclic) bond motifs is 1. The van der Waals surface area contributed by atoms with Crippen LogP contribution in [0.5, 0.6) is 0 Å². The molecular formula is C25H23N3O2. The Balaban J connectivity index is 1.46. The van der Waals surface area contributed by atoms with E-state index in [0.29, 0.717) is 11.5 Å². The maximum atomic E-state index is 13.1. The summed E-state index contributed by atoms with van der Waals surface area (Å²) < 4.78 is 7.52. The molecule has 1 aliphatic rings. The smallest absolute Gasteiger partial charge is 0.339 e. The minimum atomic E-state index is -0.322. The minimum Gasteiger partial charge on any atom is -0.457 e. The molecule has 0 spiro atoms. The summed E-state index contributed by atoms with van der Waals surface area (Å²) in [5.74, 6) is 0.142. The highest BCUT2D eigenvalue weighted by atomic mass is 16.5. The van der Waals surface area contributed by atoms with Gasteiger partial charge in [-0.1, -0.05) is 42.0 Å². The van der Waals surface area contributed by atoms with Gasteiger partial charge < -0.3 is 4.74 Å². The van der Waals surface area contributed by atoms with Gasteiger partial charge in [0.2, 0.25) is 0 Å². The summed E-state index contributed by atoms with van der Waals surface area (Å²) in [5.41, 5.74) is 6.25. The number of aryl methyl sites for hydroxylation is 2. The van der Waals surface area contributed by atoms with Crippen LogP contribution in [-0.2, 0) is 18.4 Å². The molecule has 1 saturated carbocycles. The minimum absolute atomic E-state index is 0.172. The highest BCUT2D eigenvalue weighted by Crippen LogP contribution is 2.40. The summed E-state index contributed by atoms with van der Waals surface area (Å²) >= 11 is 0. The van der Waals surface area contributed by atoms with Gasteiger partial charge >= 0.3 is 5.97 Å². The van der Waals surface area contributed by atoms with Crippen LogP contribution in [0.15, 0.2) is 60.8 Å². The maximum Gasteiger partial charge on any atom is 0.339 e. The van der Waals surface area contributed by atoms with Crippen molar-refractivity contribution in [3.8, 4) is 11.3 Å². The number of carbonyl (C=O) groups excluding carboxylic acids is 1. The van der Waals surface area contributed by atoms with Crippen molar-refractivity contribution in [3.05, 3.63) is 83.2 Å².